The number of aryl methyl sites for hydroxylation is 1. The normalized spacial score (nSPS) is 21.4. The molecule has 1 aromatic carbocycles. The first-order valence-corrected chi connectivity index (χ1v) is 6.30. The molecule has 19 heavy (non-hydrogen) atoms. The summed E-state index contributed by atoms with van der Waals surface area (Å²) in [5.41, 5.74) is 8.39. The first kappa shape index (κ1) is 11.7. The number of nitrogens with two attached hydrogens (primary N) is 1. The summed E-state index contributed by atoms with van der Waals surface area (Å²) in [6.07, 6.45) is 3.63. The van der Waals surface area contributed by atoms with Crippen LogP contribution < -0.4 is 5.73 Å². The molecule has 0 spiro atoms. The van der Waals surface area contributed by atoms with Crippen molar-refractivity contribution < 1.29 is 0 Å². The zero-order chi connectivity index (χ0) is 13.3. The second-order valence-corrected chi connectivity index (χ2v) is 4.92. The summed E-state index contributed by atoms with van der Waals surface area (Å²) in [5.74, 6) is 0.500. The van der Waals surface area contributed by atoms with Crippen LogP contribution in [0.1, 0.15) is 23.2 Å². The van der Waals surface area contributed by atoms with Gasteiger partial charge in [-0.1, -0.05) is 30.3 Å². The molecule has 94 valence electrons. The number of anilines is 1. The Morgan fingerprint density at radius 1 is 1.21 bits per heavy atom. The highest BCUT2D eigenvalue weighted by Crippen LogP contribution is 2.38. The van der Waals surface area contributed by atoms with Crippen LogP contribution in [0.5, 0.6) is 0 Å². The lowest BCUT2D eigenvalue weighted by Crippen LogP contribution is -2.33. The maximum absolute atomic E-state index is 9.68. The van der Waals surface area contributed by atoms with E-state index >= 15 is 0 Å². The number of hydrogen-bond acceptors (Lipinski definition) is 4. The summed E-state index contributed by atoms with van der Waals surface area (Å²) >= 11 is 0. The van der Waals surface area contributed by atoms with Gasteiger partial charge in [0.15, 0.2) is 0 Å². The molecule has 0 saturated carbocycles. The summed E-state index contributed by atoms with van der Waals surface area (Å²) in [6, 6.07) is 12.4. The molecule has 0 saturated heterocycles. The van der Waals surface area contributed by atoms with E-state index in [2.05, 4.69) is 16.0 Å². The van der Waals surface area contributed by atoms with E-state index in [0.29, 0.717) is 12.2 Å². The third kappa shape index (κ3) is 1.84. The Hall–Kier alpha value is -2.41. The number of fused-ring (bicyclic) bond motifs is 1. The summed E-state index contributed by atoms with van der Waals surface area (Å²) < 4.78 is 0. The smallest absolute Gasteiger partial charge is 0.130 e. The van der Waals surface area contributed by atoms with Crippen molar-refractivity contribution in [3.05, 3.63) is 53.5 Å². The molecule has 1 aliphatic carbocycles. The second kappa shape index (κ2) is 4.36. The van der Waals surface area contributed by atoms with E-state index in [1.165, 1.54) is 6.33 Å². The van der Waals surface area contributed by atoms with Gasteiger partial charge in [-0.15, -0.1) is 0 Å². The van der Waals surface area contributed by atoms with Crippen molar-refractivity contribution in [1.82, 2.24) is 9.97 Å². The number of hydrogen-bond donors (Lipinski definition) is 1. The fourth-order valence-corrected chi connectivity index (χ4v) is 2.76. The Morgan fingerprint density at radius 2 is 2.00 bits per heavy atom. The van der Waals surface area contributed by atoms with E-state index < -0.39 is 5.41 Å². The van der Waals surface area contributed by atoms with Crippen LogP contribution in [0, 0.1) is 11.3 Å². The molecule has 1 unspecified atom stereocenters. The minimum absolute atomic E-state index is 0.500. The molecule has 4 heteroatoms. The van der Waals surface area contributed by atoms with Gasteiger partial charge < -0.3 is 5.73 Å². The average Bonchev–Trinajstić information content (AvgIpc) is 2.48. The van der Waals surface area contributed by atoms with Crippen molar-refractivity contribution in [2.45, 2.75) is 24.7 Å². The Labute approximate surface area is 111 Å². The van der Waals surface area contributed by atoms with Crippen LogP contribution in [-0.2, 0) is 18.3 Å². The Balaban J connectivity index is 2.08. The fraction of sp³-hybridized carbons (Fsp3) is 0.267. The molecule has 0 bridgehead atoms. The van der Waals surface area contributed by atoms with Crippen molar-refractivity contribution in [2.24, 2.45) is 0 Å². The highest BCUT2D eigenvalue weighted by Gasteiger charge is 2.37. The number of nitrogens with zero attached hydrogens (tertiary/aromatic N) is 3. The third-order valence-corrected chi connectivity index (χ3v) is 3.88. The number of benzene rings is 1. The largest absolute Gasteiger partial charge is 0.383 e. The maximum atomic E-state index is 9.68. The number of nitriles is 1. The molecular weight excluding hydrogens is 236 g/mol. The van der Waals surface area contributed by atoms with Crippen LogP contribution in [0.15, 0.2) is 36.7 Å². The number of nitrogen functional groups attached to an aromatic ring is 1. The SMILES string of the molecule is N#CC1(c2ccccc2)CCc2ncnc(N)c2C1. The molecule has 2 N–H and O–H groups in total. The lowest BCUT2D eigenvalue weighted by molar-refractivity contribution is 0.466. The Kier molecular flexibility index (Phi) is 2.68. The summed E-state index contributed by atoms with van der Waals surface area (Å²) in [6.45, 7) is 0. The highest BCUT2D eigenvalue weighted by molar-refractivity contribution is 5.48. The first-order valence-electron chi connectivity index (χ1n) is 6.30. The van der Waals surface area contributed by atoms with Crippen LogP contribution in [0.2, 0.25) is 0 Å². The van der Waals surface area contributed by atoms with Gasteiger partial charge in [-0.05, 0) is 18.4 Å². The highest BCUT2D eigenvalue weighted by atomic mass is 14.9. The quantitative estimate of drug-likeness (QED) is 0.840. The molecule has 0 radical (unpaired) electrons. The molecule has 1 atom stereocenters. The van der Waals surface area contributed by atoms with Crippen LogP contribution >= 0.6 is 0 Å². The topological polar surface area (TPSA) is 75.6 Å². The summed E-state index contributed by atoms with van der Waals surface area (Å²) in [5, 5.41) is 9.68. The van der Waals surface area contributed by atoms with E-state index in [1.807, 2.05) is 30.3 Å². The zero-order valence-electron chi connectivity index (χ0n) is 10.5. The van der Waals surface area contributed by atoms with Gasteiger partial charge in [0.2, 0.25) is 0 Å². The van der Waals surface area contributed by atoms with Crippen molar-refractivity contribution in [2.75, 3.05) is 5.73 Å². The van der Waals surface area contributed by atoms with E-state index in [9.17, 15) is 5.26 Å². The lowest BCUT2D eigenvalue weighted by atomic mass is 9.69. The number of aromatic nitrogens is 2. The van der Waals surface area contributed by atoms with Crippen LogP contribution in [0.25, 0.3) is 0 Å². The molecule has 0 fully saturated rings. The molecule has 1 aliphatic rings. The fourth-order valence-electron chi connectivity index (χ4n) is 2.76. The molecule has 0 aliphatic heterocycles. The zero-order valence-corrected chi connectivity index (χ0v) is 10.5. The Morgan fingerprint density at radius 3 is 2.74 bits per heavy atom. The molecule has 4 nitrogen and oxygen atoms in total. The second-order valence-electron chi connectivity index (χ2n) is 4.92. The third-order valence-electron chi connectivity index (χ3n) is 3.88. The van der Waals surface area contributed by atoms with E-state index in [-0.39, 0.29) is 0 Å². The average molecular weight is 250 g/mol. The van der Waals surface area contributed by atoms with Gasteiger partial charge in [-0.2, -0.15) is 5.26 Å². The van der Waals surface area contributed by atoms with Gasteiger partial charge in [-0.3, -0.25) is 0 Å². The van der Waals surface area contributed by atoms with Crippen molar-refractivity contribution in [1.29, 1.82) is 5.26 Å². The van der Waals surface area contributed by atoms with Crippen LogP contribution in [0.3, 0.4) is 0 Å². The van der Waals surface area contributed by atoms with Gasteiger partial charge in [0.05, 0.1) is 11.5 Å². The molecule has 0 amide bonds. The Bertz CT molecular complexity index is 645. The van der Waals surface area contributed by atoms with Crippen molar-refractivity contribution in [3.63, 3.8) is 0 Å². The van der Waals surface area contributed by atoms with Gasteiger partial charge >= 0.3 is 0 Å². The van der Waals surface area contributed by atoms with E-state index in [0.717, 1.165) is 29.7 Å². The van der Waals surface area contributed by atoms with Crippen molar-refractivity contribution in [3.8, 4) is 6.07 Å². The van der Waals surface area contributed by atoms with E-state index in [1.54, 1.807) is 0 Å². The number of rotatable bonds is 1. The molecule has 2 aromatic rings. The minimum atomic E-state index is -0.507. The first-order chi connectivity index (χ1) is 9.25. The predicted molar refractivity (Wildman–Crippen MR) is 72.2 cm³/mol. The van der Waals surface area contributed by atoms with Crippen LogP contribution in [0.4, 0.5) is 5.82 Å². The molecule has 1 heterocycles. The predicted octanol–water partition coefficient (Wildman–Crippen LogP) is 2.01. The standard InChI is InChI=1S/C15H14N4/c16-9-15(11-4-2-1-3-5-11)7-6-13-12(8-15)14(17)19-10-18-13/h1-5,10H,6-8H2,(H2,17,18,19). The summed E-state index contributed by atoms with van der Waals surface area (Å²) in [7, 11) is 0. The molecule has 3 rings (SSSR count). The summed E-state index contributed by atoms with van der Waals surface area (Å²) in [4.78, 5) is 8.32. The molecule has 1 aromatic heterocycles. The lowest BCUT2D eigenvalue weighted by Gasteiger charge is -2.32. The van der Waals surface area contributed by atoms with Crippen LogP contribution in [-0.4, -0.2) is 9.97 Å². The van der Waals surface area contributed by atoms with Gasteiger partial charge in [0.25, 0.3) is 0 Å². The minimum Gasteiger partial charge on any atom is -0.383 e. The molecular formula is C15H14N4. The van der Waals surface area contributed by atoms with E-state index in [4.69, 9.17) is 5.73 Å². The van der Waals surface area contributed by atoms with Gasteiger partial charge in [-0.25, -0.2) is 9.97 Å². The van der Waals surface area contributed by atoms with Gasteiger partial charge in [0, 0.05) is 17.7 Å². The maximum Gasteiger partial charge on any atom is 0.130 e. The van der Waals surface area contributed by atoms with Gasteiger partial charge in [0.1, 0.15) is 12.1 Å². The monoisotopic (exact) mass is 250 g/mol. The van der Waals surface area contributed by atoms with Crippen molar-refractivity contribution >= 4 is 5.82 Å².